The van der Waals surface area contributed by atoms with Crippen LogP contribution in [0.2, 0.25) is 0 Å². The Labute approximate surface area is 216 Å². The first-order valence-electron chi connectivity index (χ1n) is 11.6. The lowest BCUT2D eigenvalue weighted by molar-refractivity contribution is 0.548. The lowest BCUT2D eigenvalue weighted by Crippen LogP contribution is -2.30. The lowest BCUT2D eigenvalue weighted by atomic mass is 10.0. The van der Waals surface area contributed by atoms with E-state index >= 15 is 0 Å². The number of thiocarbonyl (C=S) groups is 1. The molecule has 0 unspecified atom stereocenters. The van der Waals surface area contributed by atoms with Gasteiger partial charge in [-0.1, -0.05) is 24.3 Å². The van der Waals surface area contributed by atoms with Crippen LogP contribution in [0, 0.1) is 13.8 Å². The molecular formula is C27H27N5O2S2. The number of nitrogens with zero attached hydrogens (tertiary/aromatic N) is 3. The third-order valence-corrected chi connectivity index (χ3v) is 7.21. The summed E-state index contributed by atoms with van der Waals surface area (Å²) in [6.45, 7) is 3.97. The van der Waals surface area contributed by atoms with Crippen molar-refractivity contribution in [3.8, 4) is 5.69 Å². The highest BCUT2D eigenvalue weighted by Crippen LogP contribution is 2.43. The Hall–Kier alpha value is -3.69. The fraction of sp³-hybridized carbons (Fsp3) is 0.185. The number of nitrogens with one attached hydrogen (secondary N) is 2. The molecule has 0 amide bonds. The van der Waals surface area contributed by atoms with Gasteiger partial charge in [0.05, 0.1) is 23.7 Å². The van der Waals surface area contributed by atoms with Crippen LogP contribution in [-0.4, -0.2) is 29.3 Å². The molecule has 0 radical (unpaired) electrons. The van der Waals surface area contributed by atoms with Gasteiger partial charge in [0.15, 0.2) is 5.11 Å². The van der Waals surface area contributed by atoms with Crippen LogP contribution >= 0.6 is 12.2 Å². The van der Waals surface area contributed by atoms with Crippen molar-refractivity contribution >= 4 is 38.7 Å². The number of rotatable bonds is 6. The fourth-order valence-corrected chi connectivity index (χ4v) is 5.74. The average molecular weight is 518 g/mol. The first-order chi connectivity index (χ1) is 17.2. The molecule has 0 aliphatic carbocycles. The summed E-state index contributed by atoms with van der Waals surface area (Å²) in [5.74, 6) is 0. The number of aryl methyl sites for hydroxylation is 2. The van der Waals surface area contributed by atoms with Crippen LogP contribution in [0.3, 0.4) is 0 Å². The summed E-state index contributed by atoms with van der Waals surface area (Å²) in [4.78, 5) is 6.74. The molecule has 2 atom stereocenters. The molecule has 184 valence electrons. The molecule has 1 aliphatic heterocycles. The molecule has 9 heteroatoms. The van der Waals surface area contributed by atoms with Crippen molar-refractivity contribution < 1.29 is 8.42 Å². The van der Waals surface area contributed by atoms with E-state index in [2.05, 4.69) is 55.7 Å². The minimum atomic E-state index is -3.39. The van der Waals surface area contributed by atoms with Crippen molar-refractivity contribution in [2.24, 2.45) is 0 Å². The summed E-state index contributed by atoms with van der Waals surface area (Å²) < 4.78 is 28.4. The zero-order valence-corrected chi connectivity index (χ0v) is 21.8. The van der Waals surface area contributed by atoms with Crippen molar-refractivity contribution in [1.82, 2.24) is 14.9 Å². The molecule has 4 aromatic rings. The molecule has 0 bridgehead atoms. The maximum Gasteiger partial charge on any atom is 0.229 e. The van der Waals surface area contributed by atoms with Crippen LogP contribution in [0.5, 0.6) is 0 Å². The molecule has 0 saturated carbocycles. The Kier molecular flexibility index (Phi) is 6.27. The SMILES string of the molecule is Cc1cc(N2C(=S)N[C@H](c3ccccn3)[C@H]2c2ccc(C)n2-c2ccccc2)ccc1NS(C)(=O)=O. The Morgan fingerprint density at radius 2 is 1.69 bits per heavy atom. The summed E-state index contributed by atoms with van der Waals surface area (Å²) in [6.07, 6.45) is 2.94. The quantitative estimate of drug-likeness (QED) is 0.349. The first-order valence-corrected chi connectivity index (χ1v) is 13.9. The Balaban J connectivity index is 1.66. The minimum absolute atomic E-state index is 0.190. The molecule has 3 heterocycles. The van der Waals surface area contributed by atoms with Gasteiger partial charge in [-0.15, -0.1) is 0 Å². The van der Waals surface area contributed by atoms with Crippen molar-refractivity contribution in [3.63, 3.8) is 0 Å². The molecule has 5 rings (SSSR count). The van der Waals surface area contributed by atoms with Gasteiger partial charge in [-0.2, -0.15) is 0 Å². The monoisotopic (exact) mass is 517 g/mol. The highest BCUT2D eigenvalue weighted by Gasteiger charge is 2.42. The summed E-state index contributed by atoms with van der Waals surface area (Å²) in [7, 11) is -3.39. The number of sulfonamides is 1. The van der Waals surface area contributed by atoms with Gasteiger partial charge in [0.25, 0.3) is 0 Å². The normalized spacial score (nSPS) is 17.8. The third-order valence-electron chi connectivity index (χ3n) is 6.31. The van der Waals surface area contributed by atoms with Gasteiger partial charge in [-0.25, -0.2) is 8.42 Å². The van der Waals surface area contributed by atoms with E-state index in [1.165, 1.54) is 0 Å². The average Bonchev–Trinajstić information content (AvgIpc) is 3.40. The summed E-state index contributed by atoms with van der Waals surface area (Å²) in [6, 6.07) is 25.6. The van der Waals surface area contributed by atoms with E-state index < -0.39 is 10.0 Å². The zero-order valence-electron chi connectivity index (χ0n) is 20.2. The molecule has 2 aromatic heterocycles. The molecule has 2 aromatic carbocycles. The van der Waals surface area contributed by atoms with Crippen molar-refractivity contribution in [1.29, 1.82) is 0 Å². The highest BCUT2D eigenvalue weighted by molar-refractivity contribution is 7.92. The highest BCUT2D eigenvalue weighted by atomic mass is 32.2. The molecule has 36 heavy (non-hydrogen) atoms. The number of pyridine rings is 1. The van der Waals surface area contributed by atoms with Gasteiger partial charge < -0.3 is 14.8 Å². The maximum atomic E-state index is 11.8. The Morgan fingerprint density at radius 1 is 0.944 bits per heavy atom. The van der Waals surface area contributed by atoms with E-state index in [1.54, 1.807) is 12.3 Å². The van der Waals surface area contributed by atoms with E-state index in [-0.39, 0.29) is 12.1 Å². The number of aromatic nitrogens is 2. The standard InChI is InChI=1S/C27H27N5O2S2/c1-18-17-21(13-14-22(18)30-36(3,33)34)32-26(25(29-27(32)35)23-11-7-8-16-28-23)24-15-12-19(2)31(24)20-9-5-4-6-10-20/h4-17,25-26,30H,1-3H3,(H,29,35)/t25-,26-/m1/s1. The van der Waals surface area contributed by atoms with Gasteiger partial charge in [-0.3, -0.25) is 9.71 Å². The molecule has 1 aliphatic rings. The van der Waals surface area contributed by atoms with Crippen molar-refractivity contribution in [2.75, 3.05) is 15.9 Å². The van der Waals surface area contributed by atoms with Gasteiger partial charge in [0, 0.05) is 29.0 Å². The van der Waals surface area contributed by atoms with Gasteiger partial charge >= 0.3 is 0 Å². The van der Waals surface area contributed by atoms with E-state index in [4.69, 9.17) is 12.2 Å². The summed E-state index contributed by atoms with van der Waals surface area (Å²) in [5, 5.41) is 4.08. The van der Waals surface area contributed by atoms with Crippen LogP contribution in [-0.2, 0) is 10.0 Å². The topological polar surface area (TPSA) is 79.3 Å². The second-order valence-corrected chi connectivity index (χ2v) is 11.1. The van der Waals surface area contributed by atoms with Crippen LogP contribution in [0.4, 0.5) is 11.4 Å². The third kappa shape index (κ3) is 4.59. The predicted molar refractivity (Wildman–Crippen MR) is 148 cm³/mol. The number of benzene rings is 2. The fourth-order valence-electron chi connectivity index (χ4n) is 4.76. The predicted octanol–water partition coefficient (Wildman–Crippen LogP) is 5.04. The van der Waals surface area contributed by atoms with E-state index in [1.807, 2.05) is 55.5 Å². The number of hydrogen-bond acceptors (Lipinski definition) is 4. The zero-order chi connectivity index (χ0) is 25.4. The van der Waals surface area contributed by atoms with E-state index in [0.717, 1.165) is 40.3 Å². The van der Waals surface area contributed by atoms with Gasteiger partial charge in [-0.05, 0) is 86.2 Å². The molecule has 7 nitrogen and oxygen atoms in total. The number of para-hydroxylation sites is 1. The second kappa shape index (κ2) is 9.40. The number of hydrogen-bond donors (Lipinski definition) is 2. The van der Waals surface area contributed by atoms with Crippen molar-refractivity contribution in [2.45, 2.75) is 25.9 Å². The van der Waals surface area contributed by atoms with Gasteiger partial charge in [0.1, 0.15) is 6.04 Å². The van der Waals surface area contributed by atoms with Crippen LogP contribution in [0.25, 0.3) is 5.69 Å². The molecule has 0 spiro atoms. The van der Waals surface area contributed by atoms with E-state index in [0.29, 0.717) is 10.8 Å². The minimum Gasteiger partial charge on any atom is -0.351 e. The smallest absolute Gasteiger partial charge is 0.229 e. The Bertz CT molecular complexity index is 1520. The summed E-state index contributed by atoms with van der Waals surface area (Å²) >= 11 is 5.87. The van der Waals surface area contributed by atoms with Crippen LogP contribution in [0.15, 0.2) is 85.1 Å². The molecule has 1 saturated heterocycles. The molecular weight excluding hydrogens is 490 g/mol. The summed E-state index contributed by atoms with van der Waals surface area (Å²) in [5.41, 5.74) is 6.34. The molecule has 2 N–H and O–H groups in total. The Morgan fingerprint density at radius 3 is 2.36 bits per heavy atom. The van der Waals surface area contributed by atoms with Crippen LogP contribution < -0.4 is 14.9 Å². The lowest BCUT2D eigenvalue weighted by Gasteiger charge is -2.30. The largest absolute Gasteiger partial charge is 0.351 e. The second-order valence-electron chi connectivity index (χ2n) is 8.94. The first kappa shape index (κ1) is 24.0. The van der Waals surface area contributed by atoms with Crippen molar-refractivity contribution in [3.05, 3.63) is 108 Å². The number of anilines is 2. The van der Waals surface area contributed by atoms with E-state index in [9.17, 15) is 8.42 Å². The molecule has 1 fully saturated rings. The van der Waals surface area contributed by atoms with Crippen LogP contribution in [0.1, 0.15) is 34.7 Å². The van der Waals surface area contributed by atoms with Gasteiger partial charge in [0.2, 0.25) is 10.0 Å². The maximum absolute atomic E-state index is 11.8.